The zero-order valence-electron chi connectivity index (χ0n) is 10.9. The van der Waals surface area contributed by atoms with Gasteiger partial charge in [-0.15, -0.1) is 0 Å². The Labute approximate surface area is 103 Å². The average molecular weight is 236 g/mol. The molecule has 1 rings (SSSR count). The molecule has 0 bridgehead atoms. The summed E-state index contributed by atoms with van der Waals surface area (Å²) in [5.74, 6) is 0.216. The van der Waals surface area contributed by atoms with Crippen LogP contribution in [0.5, 0.6) is 0 Å². The predicted molar refractivity (Wildman–Crippen MR) is 66.5 cm³/mol. The van der Waals surface area contributed by atoms with Crippen LogP contribution in [0.3, 0.4) is 0 Å². The van der Waals surface area contributed by atoms with Gasteiger partial charge in [-0.3, -0.25) is 9.59 Å². The third kappa shape index (κ3) is 3.29. The van der Waals surface area contributed by atoms with E-state index in [0.717, 1.165) is 17.6 Å². The molecule has 0 heterocycles. The van der Waals surface area contributed by atoms with Gasteiger partial charge in [-0.05, 0) is 42.9 Å². The highest BCUT2D eigenvalue weighted by molar-refractivity contribution is 5.97. The SMILES string of the molecule is CC1=C(C=CC(C)OC=O)C(C)(C)CCC1=O. The van der Waals surface area contributed by atoms with E-state index in [4.69, 9.17) is 4.74 Å². The summed E-state index contributed by atoms with van der Waals surface area (Å²) in [7, 11) is 0. The number of allylic oxidation sites excluding steroid dienone is 3. The maximum Gasteiger partial charge on any atom is 0.293 e. The molecule has 0 saturated carbocycles. The van der Waals surface area contributed by atoms with Gasteiger partial charge in [0, 0.05) is 6.42 Å². The molecule has 0 aromatic rings. The highest BCUT2D eigenvalue weighted by atomic mass is 16.5. The molecule has 17 heavy (non-hydrogen) atoms. The smallest absolute Gasteiger partial charge is 0.293 e. The number of hydrogen-bond donors (Lipinski definition) is 0. The molecule has 0 N–H and O–H groups in total. The number of ether oxygens (including phenoxy) is 1. The van der Waals surface area contributed by atoms with Crippen molar-refractivity contribution in [1.29, 1.82) is 0 Å². The molecule has 0 saturated heterocycles. The van der Waals surface area contributed by atoms with Crippen molar-refractivity contribution in [2.45, 2.75) is 46.6 Å². The molecule has 0 amide bonds. The second-order valence-corrected chi connectivity index (χ2v) is 5.14. The quantitative estimate of drug-likeness (QED) is 0.705. The molecule has 0 aromatic carbocycles. The van der Waals surface area contributed by atoms with Gasteiger partial charge in [0.2, 0.25) is 0 Å². The van der Waals surface area contributed by atoms with Crippen LogP contribution in [0, 0.1) is 5.41 Å². The van der Waals surface area contributed by atoms with Crippen LogP contribution in [0.1, 0.15) is 40.5 Å². The minimum atomic E-state index is -0.263. The summed E-state index contributed by atoms with van der Waals surface area (Å²) in [5.41, 5.74) is 1.89. The molecule has 3 heteroatoms. The Morgan fingerprint density at radius 1 is 1.41 bits per heavy atom. The van der Waals surface area contributed by atoms with Gasteiger partial charge < -0.3 is 4.74 Å². The van der Waals surface area contributed by atoms with Crippen molar-refractivity contribution < 1.29 is 14.3 Å². The maximum absolute atomic E-state index is 11.7. The van der Waals surface area contributed by atoms with Crippen LogP contribution in [-0.2, 0) is 14.3 Å². The highest BCUT2D eigenvalue weighted by Crippen LogP contribution is 2.39. The first-order chi connectivity index (χ1) is 7.88. The number of hydrogen-bond acceptors (Lipinski definition) is 3. The van der Waals surface area contributed by atoms with Crippen LogP contribution in [0.2, 0.25) is 0 Å². The molecule has 1 aliphatic carbocycles. The summed E-state index contributed by atoms with van der Waals surface area (Å²) >= 11 is 0. The van der Waals surface area contributed by atoms with E-state index < -0.39 is 0 Å². The van der Waals surface area contributed by atoms with Gasteiger partial charge in [0.25, 0.3) is 6.47 Å². The summed E-state index contributed by atoms with van der Waals surface area (Å²) in [6, 6.07) is 0. The van der Waals surface area contributed by atoms with Crippen molar-refractivity contribution in [2.75, 3.05) is 0 Å². The van der Waals surface area contributed by atoms with E-state index in [2.05, 4.69) is 13.8 Å². The highest BCUT2D eigenvalue weighted by Gasteiger charge is 2.30. The lowest BCUT2D eigenvalue weighted by Crippen LogP contribution is -2.24. The Morgan fingerprint density at radius 2 is 2.06 bits per heavy atom. The second kappa shape index (κ2) is 5.30. The van der Waals surface area contributed by atoms with Gasteiger partial charge >= 0.3 is 0 Å². The molecule has 1 aliphatic rings. The van der Waals surface area contributed by atoms with Crippen molar-refractivity contribution in [2.24, 2.45) is 5.41 Å². The van der Waals surface area contributed by atoms with E-state index in [0.29, 0.717) is 12.9 Å². The summed E-state index contributed by atoms with van der Waals surface area (Å²) in [6.07, 6.45) is 4.96. The molecule has 3 nitrogen and oxygen atoms in total. The molecule has 0 fully saturated rings. The van der Waals surface area contributed by atoms with Crippen LogP contribution in [0.4, 0.5) is 0 Å². The predicted octanol–water partition coefficient (Wildman–Crippen LogP) is 2.81. The molecule has 1 unspecified atom stereocenters. The number of carbonyl (C=O) groups excluding carboxylic acids is 2. The summed E-state index contributed by atoms with van der Waals surface area (Å²) in [6.45, 7) is 8.36. The fourth-order valence-electron chi connectivity index (χ4n) is 2.12. The van der Waals surface area contributed by atoms with Crippen molar-refractivity contribution in [3.63, 3.8) is 0 Å². The van der Waals surface area contributed by atoms with E-state index in [-0.39, 0.29) is 17.3 Å². The van der Waals surface area contributed by atoms with Gasteiger partial charge in [-0.2, -0.15) is 0 Å². The normalized spacial score (nSPS) is 21.8. The first-order valence-electron chi connectivity index (χ1n) is 5.90. The maximum atomic E-state index is 11.7. The van der Waals surface area contributed by atoms with Crippen molar-refractivity contribution in [3.8, 4) is 0 Å². The lowest BCUT2D eigenvalue weighted by molar-refractivity contribution is -0.130. The largest absolute Gasteiger partial charge is 0.461 e. The molecule has 0 spiro atoms. The number of ketones is 1. The molecule has 0 aromatic heterocycles. The fraction of sp³-hybridized carbons (Fsp3) is 0.571. The monoisotopic (exact) mass is 236 g/mol. The minimum Gasteiger partial charge on any atom is -0.461 e. The molecule has 1 atom stereocenters. The number of carbonyl (C=O) groups is 2. The first kappa shape index (κ1) is 13.7. The average Bonchev–Trinajstić information content (AvgIpc) is 2.24. The Bertz CT molecular complexity index is 375. The van der Waals surface area contributed by atoms with Crippen LogP contribution >= 0.6 is 0 Å². The van der Waals surface area contributed by atoms with Crippen molar-refractivity contribution in [3.05, 3.63) is 23.3 Å². The van der Waals surface area contributed by atoms with Crippen LogP contribution in [0.25, 0.3) is 0 Å². The van der Waals surface area contributed by atoms with Crippen molar-refractivity contribution in [1.82, 2.24) is 0 Å². The van der Waals surface area contributed by atoms with E-state index >= 15 is 0 Å². The van der Waals surface area contributed by atoms with Crippen LogP contribution in [0.15, 0.2) is 23.3 Å². The Balaban J connectivity index is 2.95. The van der Waals surface area contributed by atoms with Crippen LogP contribution < -0.4 is 0 Å². The van der Waals surface area contributed by atoms with Gasteiger partial charge in [0.05, 0.1) is 0 Å². The van der Waals surface area contributed by atoms with E-state index in [1.807, 2.05) is 19.1 Å². The summed E-state index contributed by atoms with van der Waals surface area (Å²) < 4.78 is 4.79. The molecular weight excluding hydrogens is 216 g/mol. The Morgan fingerprint density at radius 3 is 2.65 bits per heavy atom. The molecule has 94 valence electrons. The molecule has 0 radical (unpaired) electrons. The Kier molecular flexibility index (Phi) is 4.27. The van der Waals surface area contributed by atoms with Gasteiger partial charge in [-0.1, -0.05) is 19.9 Å². The topological polar surface area (TPSA) is 43.4 Å². The summed E-state index contributed by atoms with van der Waals surface area (Å²) in [4.78, 5) is 21.9. The fourth-order valence-corrected chi connectivity index (χ4v) is 2.12. The van der Waals surface area contributed by atoms with E-state index in [1.165, 1.54) is 0 Å². The standard InChI is InChI=1S/C14H20O3/c1-10(17-9-15)5-6-12-11(2)13(16)7-8-14(12,3)4/h5-6,9-10H,7-8H2,1-4H3. The van der Waals surface area contributed by atoms with Gasteiger partial charge in [-0.25, -0.2) is 0 Å². The first-order valence-corrected chi connectivity index (χ1v) is 5.90. The van der Waals surface area contributed by atoms with E-state index in [9.17, 15) is 9.59 Å². The van der Waals surface area contributed by atoms with Crippen LogP contribution in [-0.4, -0.2) is 18.4 Å². The molecule has 0 aliphatic heterocycles. The van der Waals surface area contributed by atoms with E-state index in [1.54, 1.807) is 6.92 Å². The zero-order valence-corrected chi connectivity index (χ0v) is 10.9. The van der Waals surface area contributed by atoms with Gasteiger partial charge in [0.1, 0.15) is 6.10 Å². The number of Topliss-reactive ketones (excluding diaryl/α,β-unsaturated/α-hetero) is 1. The lowest BCUT2D eigenvalue weighted by Gasteiger charge is -2.32. The lowest BCUT2D eigenvalue weighted by atomic mass is 9.72. The van der Waals surface area contributed by atoms with Gasteiger partial charge in [0.15, 0.2) is 5.78 Å². The zero-order chi connectivity index (χ0) is 13.1. The Hall–Kier alpha value is -1.38. The third-order valence-corrected chi connectivity index (χ3v) is 3.33. The molecular formula is C14H20O3. The van der Waals surface area contributed by atoms with Crippen molar-refractivity contribution >= 4 is 12.3 Å². The third-order valence-electron chi connectivity index (χ3n) is 3.33. The number of rotatable bonds is 4. The second-order valence-electron chi connectivity index (χ2n) is 5.14. The minimum absolute atomic E-state index is 0.00932. The summed E-state index contributed by atoms with van der Waals surface area (Å²) in [5, 5.41) is 0.